The van der Waals surface area contributed by atoms with E-state index in [4.69, 9.17) is 10.5 Å². The summed E-state index contributed by atoms with van der Waals surface area (Å²) in [4.78, 5) is 2.30. The van der Waals surface area contributed by atoms with Crippen molar-refractivity contribution in [2.24, 2.45) is 5.41 Å². The molecule has 0 heterocycles. The van der Waals surface area contributed by atoms with Gasteiger partial charge >= 0.3 is 0 Å². The minimum atomic E-state index is -0.224. The molecule has 0 N–H and O–H groups in total. The summed E-state index contributed by atoms with van der Waals surface area (Å²) in [6, 6.07) is 4.96. The van der Waals surface area contributed by atoms with Crippen LogP contribution in [-0.2, 0) is 0 Å². The second-order valence-corrected chi connectivity index (χ2v) is 5.14. The van der Waals surface area contributed by atoms with E-state index in [9.17, 15) is 0 Å². The van der Waals surface area contributed by atoms with Crippen molar-refractivity contribution in [3.05, 3.63) is 0 Å². The van der Waals surface area contributed by atoms with Crippen molar-refractivity contribution in [2.75, 3.05) is 13.1 Å². The first-order chi connectivity index (χ1) is 7.43. The lowest BCUT2D eigenvalue weighted by Crippen LogP contribution is -2.33. The number of hydrogen-bond donors (Lipinski definition) is 0. The Hall–Kier alpha value is -1.06. The van der Waals surface area contributed by atoms with Gasteiger partial charge in [-0.1, -0.05) is 0 Å². The third kappa shape index (κ3) is 6.43. The van der Waals surface area contributed by atoms with Crippen LogP contribution in [0.1, 0.15) is 47.0 Å². The fraction of sp³-hybridized carbons (Fsp3) is 0.846. The minimum absolute atomic E-state index is 0.224. The quantitative estimate of drug-likeness (QED) is 0.664. The Morgan fingerprint density at radius 3 is 2.25 bits per heavy atom. The van der Waals surface area contributed by atoms with E-state index in [1.807, 2.05) is 13.8 Å². The fourth-order valence-corrected chi connectivity index (χ4v) is 1.60. The fourth-order valence-electron chi connectivity index (χ4n) is 1.60. The first kappa shape index (κ1) is 14.9. The first-order valence-electron chi connectivity index (χ1n) is 5.95. The summed E-state index contributed by atoms with van der Waals surface area (Å²) in [6.45, 7) is 10.1. The molecule has 0 aliphatic rings. The summed E-state index contributed by atoms with van der Waals surface area (Å²) in [7, 11) is 0. The molecule has 0 saturated carbocycles. The van der Waals surface area contributed by atoms with E-state index in [0.717, 1.165) is 25.9 Å². The predicted octanol–water partition coefficient (Wildman–Crippen LogP) is 2.94. The van der Waals surface area contributed by atoms with Crippen LogP contribution in [0.4, 0.5) is 0 Å². The molecule has 0 bridgehead atoms. The van der Waals surface area contributed by atoms with Gasteiger partial charge in [0.1, 0.15) is 0 Å². The number of nitrogens with zero attached hydrogens (tertiary/aromatic N) is 3. The summed E-state index contributed by atoms with van der Waals surface area (Å²) in [5.41, 5.74) is -0.224. The topological polar surface area (TPSA) is 50.8 Å². The molecule has 0 aromatic heterocycles. The molecule has 0 spiro atoms. The zero-order valence-electron chi connectivity index (χ0n) is 11.0. The maximum atomic E-state index is 8.90. The monoisotopic (exact) mass is 221 g/mol. The molecule has 0 aromatic carbocycles. The Morgan fingerprint density at radius 2 is 1.81 bits per heavy atom. The normalized spacial score (nSPS) is 11.5. The smallest absolute Gasteiger partial charge is 0.0683 e. The Bertz CT molecular complexity index is 268. The zero-order valence-corrected chi connectivity index (χ0v) is 11.0. The van der Waals surface area contributed by atoms with E-state index < -0.39 is 0 Å². The third-order valence-electron chi connectivity index (χ3n) is 2.79. The number of rotatable bonds is 7. The average Bonchev–Trinajstić information content (AvgIpc) is 2.22. The van der Waals surface area contributed by atoms with Gasteiger partial charge < -0.3 is 0 Å². The maximum absolute atomic E-state index is 8.90. The predicted molar refractivity (Wildman–Crippen MR) is 65.6 cm³/mol. The van der Waals surface area contributed by atoms with Crippen LogP contribution in [0.15, 0.2) is 0 Å². The SMILES string of the molecule is CC(C)N(CCC#N)CCCC(C)(C)C#N. The highest BCUT2D eigenvalue weighted by atomic mass is 15.1. The van der Waals surface area contributed by atoms with Gasteiger partial charge in [0.2, 0.25) is 0 Å². The van der Waals surface area contributed by atoms with Crippen LogP contribution >= 0.6 is 0 Å². The Labute approximate surface area is 99.7 Å². The average molecular weight is 221 g/mol. The van der Waals surface area contributed by atoms with Crippen molar-refractivity contribution in [1.29, 1.82) is 10.5 Å². The molecule has 0 aromatic rings. The van der Waals surface area contributed by atoms with Crippen molar-refractivity contribution in [1.82, 2.24) is 4.90 Å². The third-order valence-corrected chi connectivity index (χ3v) is 2.79. The van der Waals surface area contributed by atoms with Gasteiger partial charge in [-0.2, -0.15) is 10.5 Å². The van der Waals surface area contributed by atoms with Crippen LogP contribution in [0, 0.1) is 28.1 Å². The molecule has 3 nitrogen and oxygen atoms in total. The van der Waals surface area contributed by atoms with E-state index in [2.05, 4.69) is 30.9 Å². The molecule has 0 saturated heterocycles. The van der Waals surface area contributed by atoms with Crippen LogP contribution in [0.3, 0.4) is 0 Å². The summed E-state index contributed by atoms with van der Waals surface area (Å²) < 4.78 is 0. The van der Waals surface area contributed by atoms with Crippen LogP contribution in [0.2, 0.25) is 0 Å². The first-order valence-corrected chi connectivity index (χ1v) is 5.95. The van der Waals surface area contributed by atoms with Gasteiger partial charge in [0.05, 0.1) is 17.6 Å². The van der Waals surface area contributed by atoms with Gasteiger partial charge in [-0.3, -0.25) is 4.90 Å². The van der Waals surface area contributed by atoms with Crippen molar-refractivity contribution < 1.29 is 0 Å². The van der Waals surface area contributed by atoms with Crippen LogP contribution in [-0.4, -0.2) is 24.0 Å². The van der Waals surface area contributed by atoms with Crippen LogP contribution < -0.4 is 0 Å². The van der Waals surface area contributed by atoms with E-state index in [1.165, 1.54) is 0 Å². The molecular weight excluding hydrogens is 198 g/mol. The largest absolute Gasteiger partial charge is 0.300 e. The molecule has 3 heteroatoms. The van der Waals surface area contributed by atoms with E-state index in [1.54, 1.807) is 0 Å². The number of hydrogen-bond acceptors (Lipinski definition) is 3. The van der Waals surface area contributed by atoms with Gasteiger partial charge in [0.15, 0.2) is 0 Å². The highest BCUT2D eigenvalue weighted by molar-refractivity contribution is 4.91. The Kier molecular flexibility index (Phi) is 6.77. The highest BCUT2D eigenvalue weighted by Gasteiger charge is 2.17. The molecule has 0 aliphatic heterocycles. The van der Waals surface area contributed by atoms with E-state index in [-0.39, 0.29) is 5.41 Å². The summed E-state index contributed by atoms with van der Waals surface area (Å²) in [5.74, 6) is 0. The van der Waals surface area contributed by atoms with Gasteiger partial charge in [-0.05, 0) is 47.1 Å². The molecule has 0 amide bonds. The minimum Gasteiger partial charge on any atom is -0.300 e. The standard InChI is InChI=1S/C13H23N3/c1-12(2)16(10-6-8-14)9-5-7-13(3,4)11-15/h12H,5-7,9-10H2,1-4H3. The molecular formula is C13H23N3. The van der Waals surface area contributed by atoms with E-state index in [0.29, 0.717) is 12.5 Å². The van der Waals surface area contributed by atoms with Crippen LogP contribution in [0.25, 0.3) is 0 Å². The van der Waals surface area contributed by atoms with Gasteiger partial charge in [-0.25, -0.2) is 0 Å². The lowest BCUT2D eigenvalue weighted by Gasteiger charge is -2.26. The molecule has 0 rings (SSSR count). The highest BCUT2D eigenvalue weighted by Crippen LogP contribution is 2.21. The lowest BCUT2D eigenvalue weighted by molar-refractivity contribution is 0.214. The molecule has 16 heavy (non-hydrogen) atoms. The lowest BCUT2D eigenvalue weighted by atomic mass is 9.90. The maximum Gasteiger partial charge on any atom is 0.0683 e. The van der Waals surface area contributed by atoms with Crippen molar-refractivity contribution >= 4 is 0 Å². The summed E-state index contributed by atoms with van der Waals surface area (Å²) >= 11 is 0. The molecule has 0 aliphatic carbocycles. The van der Waals surface area contributed by atoms with Crippen molar-refractivity contribution in [3.8, 4) is 12.1 Å². The van der Waals surface area contributed by atoms with E-state index >= 15 is 0 Å². The Balaban J connectivity index is 3.96. The van der Waals surface area contributed by atoms with Crippen LogP contribution in [0.5, 0.6) is 0 Å². The summed E-state index contributed by atoms with van der Waals surface area (Å²) in [5, 5.41) is 17.5. The Morgan fingerprint density at radius 1 is 1.19 bits per heavy atom. The molecule has 0 fully saturated rings. The van der Waals surface area contributed by atoms with Gasteiger partial charge in [0, 0.05) is 19.0 Å². The summed E-state index contributed by atoms with van der Waals surface area (Å²) in [6.07, 6.45) is 2.52. The van der Waals surface area contributed by atoms with Crippen molar-refractivity contribution in [3.63, 3.8) is 0 Å². The number of nitriles is 2. The molecule has 0 radical (unpaired) electrons. The molecule has 90 valence electrons. The molecule has 0 unspecified atom stereocenters. The zero-order chi connectivity index (χ0) is 12.6. The van der Waals surface area contributed by atoms with Crippen molar-refractivity contribution in [2.45, 2.75) is 53.0 Å². The molecule has 0 atom stereocenters. The second-order valence-electron chi connectivity index (χ2n) is 5.14. The van der Waals surface area contributed by atoms with Gasteiger partial charge in [0.25, 0.3) is 0 Å². The second kappa shape index (κ2) is 7.25. The van der Waals surface area contributed by atoms with Gasteiger partial charge in [-0.15, -0.1) is 0 Å².